The first-order valence-corrected chi connectivity index (χ1v) is 12.4. The molecule has 3 aromatic rings. The normalized spacial score (nSPS) is 15.4. The summed E-state index contributed by atoms with van der Waals surface area (Å²) in [5, 5.41) is 1.19. The van der Waals surface area contributed by atoms with Gasteiger partial charge in [-0.05, 0) is 80.5 Å². The van der Waals surface area contributed by atoms with E-state index in [9.17, 15) is 4.79 Å². The molecule has 1 aliphatic rings. The molecule has 0 bridgehead atoms. The second-order valence-electron chi connectivity index (χ2n) is 8.38. The van der Waals surface area contributed by atoms with Crippen molar-refractivity contribution in [2.75, 3.05) is 13.4 Å². The Kier molecular flexibility index (Phi) is 7.30. The molecule has 0 N–H and O–H groups in total. The standard InChI is InChI=1S/C26H31NO4S/c1-29-25(28)26(15-4-3-5-16-26)30-22-10-8-20(9-11-22)7-6-17-27-18-14-21-19-23(31-32-2)12-13-24(21)27/h8-14,18-19H,3-7,15-17H2,1-2H3. The van der Waals surface area contributed by atoms with Gasteiger partial charge in [0.05, 0.1) is 19.2 Å². The maximum absolute atomic E-state index is 12.4. The lowest BCUT2D eigenvalue weighted by Gasteiger charge is -2.34. The molecule has 0 radical (unpaired) electrons. The number of aromatic nitrogens is 1. The molecule has 1 heterocycles. The fourth-order valence-electron chi connectivity index (χ4n) is 4.58. The Morgan fingerprint density at radius 1 is 1.03 bits per heavy atom. The van der Waals surface area contributed by atoms with Crippen molar-refractivity contribution in [1.82, 2.24) is 4.57 Å². The Hall–Kier alpha value is -2.60. The maximum atomic E-state index is 12.4. The number of methoxy groups -OCH3 is 1. The molecule has 5 nitrogen and oxygen atoms in total. The van der Waals surface area contributed by atoms with Crippen LogP contribution in [0.25, 0.3) is 10.9 Å². The Morgan fingerprint density at radius 2 is 1.78 bits per heavy atom. The molecule has 0 spiro atoms. The molecule has 4 rings (SSSR count). The summed E-state index contributed by atoms with van der Waals surface area (Å²) in [7, 11) is 1.44. The lowest BCUT2D eigenvalue weighted by molar-refractivity contribution is -0.162. The van der Waals surface area contributed by atoms with Crippen molar-refractivity contribution in [3.63, 3.8) is 0 Å². The molecule has 1 fully saturated rings. The van der Waals surface area contributed by atoms with Gasteiger partial charge in [0.25, 0.3) is 0 Å². The average Bonchev–Trinajstić information content (AvgIpc) is 3.22. The van der Waals surface area contributed by atoms with Crippen LogP contribution in [-0.4, -0.2) is 29.5 Å². The number of aryl methyl sites for hydroxylation is 2. The van der Waals surface area contributed by atoms with Gasteiger partial charge in [0, 0.05) is 29.9 Å². The number of fused-ring (bicyclic) bond motifs is 1. The quantitative estimate of drug-likeness (QED) is 0.286. The predicted octanol–water partition coefficient (Wildman–Crippen LogP) is 6.19. The smallest absolute Gasteiger partial charge is 0.350 e. The van der Waals surface area contributed by atoms with Crippen LogP contribution in [0.15, 0.2) is 54.7 Å². The molecule has 2 aromatic carbocycles. The zero-order chi connectivity index (χ0) is 22.4. The average molecular weight is 454 g/mol. The van der Waals surface area contributed by atoms with E-state index in [1.807, 2.05) is 24.5 Å². The van der Waals surface area contributed by atoms with Crippen LogP contribution in [0, 0.1) is 0 Å². The molecule has 32 heavy (non-hydrogen) atoms. The third-order valence-electron chi connectivity index (χ3n) is 6.24. The van der Waals surface area contributed by atoms with Crippen LogP contribution < -0.4 is 8.92 Å². The summed E-state index contributed by atoms with van der Waals surface area (Å²) in [4.78, 5) is 12.4. The maximum Gasteiger partial charge on any atom is 0.350 e. The predicted molar refractivity (Wildman–Crippen MR) is 129 cm³/mol. The fraction of sp³-hybridized carbons (Fsp3) is 0.423. The number of benzene rings is 2. The van der Waals surface area contributed by atoms with Gasteiger partial charge in [0.2, 0.25) is 5.60 Å². The van der Waals surface area contributed by atoms with Crippen molar-refractivity contribution in [1.29, 1.82) is 0 Å². The zero-order valence-corrected chi connectivity index (χ0v) is 19.7. The molecule has 0 amide bonds. The van der Waals surface area contributed by atoms with E-state index in [0.29, 0.717) is 0 Å². The van der Waals surface area contributed by atoms with Gasteiger partial charge in [-0.1, -0.05) is 18.6 Å². The van der Waals surface area contributed by atoms with Crippen LogP contribution in [0.3, 0.4) is 0 Å². The number of ether oxygens (including phenoxy) is 2. The van der Waals surface area contributed by atoms with E-state index < -0.39 is 5.60 Å². The van der Waals surface area contributed by atoms with Gasteiger partial charge < -0.3 is 18.2 Å². The van der Waals surface area contributed by atoms with Crippen molar-refractivity contribution >= 4 is 28.9 Å². The van der Waals surface area contributed by atoms with E-state index >= 15 is 0 Å². The number of carbonyl (C=O) groups excluding carboxylic acids is 1. The molecule has 0 unspecified atom stereocenters. The van der Waals surface area contributed by atoms with Gasteiger partial charge in [-0.3, -0.25) is 0 Å². The minimum atomic E-state index is -0.829. The monoisotopic (exact) mass is 453 g/mol. The molecule has 1 saturated carbocycles. The molecule has 0 saturated heterocycles. The van der Waals surface area contributed by atoms with E-state index in [1.54, 1.807) is 0 Å². The molecule has 1 aromatic heterocycles. The Balaban J connectivity index is 1.34. The van der Waals surface area contributed by atoms with E-state index in [0.717, 1.165) is 63.0 Å². The van der Waals surface area contributed by atoms with Crippen molar-refractivity contribution in [3.8, 4) is 11.5 Å². The summed E-state index contributed by atoms with van der Waals surface area (Å²) in [6.07, 6.45) is 10.6. The first-order chi connectivity index (χ1) is 15.6. The van der Waals surface area contributed by atoms with Crippen LogP contribution in [0.4, 0.5) is 0 Å². The van der Waals surface area contributed by atoms with Gasteiger partial charge in [0.15, 0.2) is 0 Å². The van der Waals surface area contributed by atoms with Gasteiger partial charge in [-0.2, -0.15) is 0 Å². The highest BCUT2D eigenvalue weighted by Crippen LogP contribution is 2.34. The van der Waals surface area contributed by atoms with Gasteiger partial charge >= 0.3 is 5.97 Å². The molecule has 0 atom stereocenters. The second kappa shape index (κ2) is 10.3. The minimum Gasteiger partial charge on any atom is -0.476 e. The molecule has 1 aliphatic carbocycles. The molecule has 0 aliphatic heterocycles. The fourth-order valence-corrected chi connectivity index (χ4v) is 4.88. The zero-order valence-electron chi connectivity index (χ0n) is 18.8. The van der Waals surface area contributed by atoms with Gasteiger partial charge in [-0.15, -0.1) is 0 Å². The highest BCUT2D eigenvalue weighted by atomic mass is 32.2. The highest BCUT2D eigenvalue weighted by molar-refractivity contribution is 7.94. The van der Waals surface area contributed by atoms with Crippen LogP contribution in [0.2, 0.25) is 0 Å². The van der Waals surface area contributed by atoms with Gasteiger partial charge in [0.1, 0.15) is 11.5 Å². The minimum absolute atomic E-state index is 0.257. The number of esters is 1. The summed E-state index contributed by atoms with van der Waals surface area (Å²) >= 11 is 1.36. The lowest BCUT2D eigenvalue weighted by Crippen LogP contribution is -2.47. The highest BCUT2D eigenvalue weighted by Gasteiger charge is 2.43. The second-order valence-corrected chi connectivity index (χ2v) is 8.88. The van der Waals surface area contributed by atoms with Crippen molar-refractivity contribution in [2.24, 2.45) is 0 Å². The summed E-state index contributed by atoms with van der Waals surface area (Å²) in [6.45, 7) is 0.954. The van der Waals surface area contributed by atoms with Crippen molar-refractivity contribution in [2.45, 2.75) is 57.1 Å². The summed E-state index contributed by atoms with van der Waals surface area (Å²) in [6, 6.07) is 16.5. The molecular formula is C26H31NO4S. The van der Waals surface area contributed by atoms with E-state index in [-0.39, 0.29) is 5.97 Å². The van der Waals surface area contributed by atoms with E-state index in [4.69, 9.17) is 13.7 Å². The number of hydrogen-bond donors (Lipinski definition) is 0. The summed E-state index contributed by atoms with van der Waals surface area (Å²) < 4.78 is 19.1. The number of hydrogen-bond acceptors (Lipinski definition) is 5. The Morgan fingerprint density at radius 3 is 2.50 bits per heavy atom. The molecular weight excluding hydrogens is 422 g/mol. The Labute approximate surface area is 194 Å². The van der Waals surface area contributed by atoms with E-state index in [2.05, 4.69) is 41.1 Å². The third kappa shape index (κ3) is 5.07. The van der Waals surface area contributed by atoms with Crippen LogP contribution in [0.1, 0.15) is 44.1 Å². The molecule has 170 valence electrons. The molecule has 6 heteroatoms. The number of carbonyl (C=O) groups is 1. The number of nitrogens with zero attached hydrogens (tertiary/aromatic N) is 1. The first-order valence-electron chi connectivity index (χ1n) is 11.3. The van der Waals surface area contributed by atoms with Crippen LogP contribution >= 0.6 is 12.0 Å². The van der Waals surface area contributed by atoms with Gasteiger partial charge in [-0.25, -0.2) is 4.79 Å². The van der Waals surface area contributed by atoms with Crippen LogP contribution in [0.5, 0.6) is 11.5 Å². The lowest BCUT2D eigenvalue weighted by atomic mass is 9.84. The summed E-state index contributed by atoms with van der Waals surface area (Å²) in [5.74, 6) is 1.36. The topological polar surface area (TPSA) is 49.7 Å². The summed E-state index contributed by atoms with van der Waals surface area (Å²) in [5.41, 5.74) is 1.66. The first kappa shape index (κ1) is 22.6. The largest absolute Gasteiger partial charge is 0.476 e. The van der Waals surface area contributed by atoms with Crippen LogP contribution in [-0.2, 0) is 22.5 Å². The SMILES string of the molecule is COC(=O)C1(Oc2ccc(CCCn3ccc4cc(OSC)ccc43)cc2)CCCCC1. The van der Waals surface area contributed by atoms with Crippen molar-refractivity contribution < 1.29 is 18.5 Å². The third-order valence-corrected chi connectivity index (χ3v) is 6.60. The number of rotatable bonds is 9. The Bertz CT molecular complexity index is 1040. The van der Waals surface area contributed by atoms with E-state index in [1.165, 1.54) is 35.6 Å². The van der Waals surface area contributed by atoms with Crippen molar-refractivity contribution in [3.05, 3.63) is 60.3 Å².